The van der Waals surface area contributed by atoms with Gasteiger partial charge in [0.1, 0.15) is 28.5 Å². The van der Waals surface area contributed by atoms with E-state index in [0.717, 1.165) is 41.3 Å². The van der Waals surface area contributed by atoms with E-state index in [4.69, 9.17) is 20.4 Å². The van der Waals surface area contributed by atoms with Gasteiger partial charge < -0.3 is 20.4 Å². The van der Waals surface area contributed by atoms with Gasteiger partial charge in [-0.25, -0.2) is 0 Å². The molecule has 0 amide bonds. The van der Waals surface area contributed by atoms with Crippen LogP contribution in [0.5, 0.6) is 0 Å². The van der Waals surface area contributed by atoms with Gasteiger partial charge in [-0.2, -0.15) is 0 Å². The number of hydrogen-bond donors (Lipinski definition) is 4. The Bertz CT molecular complexity index is 1790. The zero-order valence-corrected chi connectivity index (χ0v) is 35.6. The van der Waals surface area contributed by atoms with Crippen LogP contribution in [0, 0.1) is 0 Å². The molecule has 0 fully saturated rings. The zero-order chi connectivity index (χ0) is 42.8. The van der Waals surface area contributed by atoms with Crippen LogP contribution in [0.3, 0.4) is 0 Å². The fraction of sp³-hybridized carbons (Fsp3) is 0.111. The maximum atomic E-state index is 7.00. The van der Waals surface area contributed by atoms with Crippen LogP contribution in [0.4, 0.5) is 0 Å². The first-order chi connectivity index (χ1) is 29.3. The summed E-state index contributed by atoms with van der Waals surface area (Å²) in [5.74, 6) is 0. The molecule has 5 heteroatoms. The van der Waals surface area contributed by atoms with Gasteiger partial charge >= 0.3 is 0 Å². The first-order valence-electron chi connectivity index (χ1n) is 19.4. The summed E-state index contributed by atoms with van der Waals surface area (Å²) in [6.07, 6.45) is 2.06. The normalized spacial score (nSPS) is 9.49. The average Bonchev–Trinajstić information content (AvgIpc) is 3.35. The van der Waals surface area contributed by atoms with Crippen LogP contribution in [0.15, 0.2) is 243 Å². The molecule has 0 atom stereocenters. The fourth-order valence-electron chi connectivity index (χ4n) is 6.36. The SMILES string of the molecule is CO.CO.CO.CO.c1ccc(Cc2ccccc2)cc1.c1ccc(Cc2ccccc2)cc1.c1ccc([P+](c2ccccc2)(c2ccccc2)c2ccccc2)cc1. The van der Waals surface area contributed by atoms with Gasteiger partial charge in [0.2, 0.25) is 0 Å². The standard InChI is InChI=1S/C24H20P.2C13H12.4CH4O/c1-5-13-21(14-6-1)25(22-15-7-2-8-16-22,23-17-9-3-10-18-23)24-19-11-4-12-20-24;2*1-3-7-12(8-4-1)11-13-9-5-2-6-10-13;4*1-2/h1-20H;2*1-10H,11H2;4*2H,1H3/q+1;;;;;;. The molecular weight excluding hydrogens is 744 g/mol. The summed E-state index contributed by atoms with van der Waals surface area (Å²) in [6, 6.07) is 86.0. The van der Waals surface area contributed by atoms with Crippen molar-refractivity contribution in [2.75, 3.05) is 28.4 Å². The van der Waals surface area contributed by atoms with Crippen molar-refractivity contribution < 1.29 is 20.4 Å². The van der Waals surface area contributed by atoms with Crippen molar-refractivity contribution in [2.45, 2.75) is 12.8 Å². The third-order valence-corrected chi connectivity index (χ3v) is 13.1. The summed E-state index contributed by atoms with van der Waals surface area (Å²) >= 11 is 0. The Hall–Kier alpha value is -5.97. The van der Waals surface area contributed by atoms with Gasteiger partial charge in [-0.15, -0.1) is 0 Å². The second-order valence-corrected chi connectivity index (χ2v) is 15.7. The minimum absolute atomic E-state index is 1.00. The monoisotopic (exact) mass is 803 g/mol. The maximum absolute atomic E-state index is 7.00. The number of aliphatic hydroxyl groups excluding tert-OH is 4. The van der Waals surface area contributed by atoms with Crippen molar-refractivity contribution in [1.82, 2.24) is 0 Å². The Kier molecular flexibility index (Phi) is 25.9. The molecule has 4 nitrogen and oxygen atoms in total. The minimum atomic E-state index is -1.91. The van der Waals surface area contributed by atoms with Crippen molar-refractivity contribution in [3.63, 3.8) is 0 Å². The smallest absolute Gasteiger partial charge is 0.144 e. The van der Waals surface area contributed by atoms with Crippen LogP contribution >= 0.6 is 7.26 Å². The molecular formula is C54H60O4P+. The van der Waals surface area contributed by atoms with E-state index in [0.29, 0.717) is 0 Å². The summed E-state index contributed by atoms with van der Waals surface area (Å²) in [7, 11) is 2.09. The van der Waals surface area contributed by atoms with E-state index in [1.54, 1.807) is 0 Å². The van der Waals surface area contributed by atoms with Crippen molar-refractivity contribution in [3.05, 3.63) is 265 Å². The van der Waals surface area contributed by atoms with Crippen LogP contribution in [0.25, 0.3) is 0 Å². The van der Waals surface area contributed by atoms with Gasteiger partial charge in [-0.3, -0.25) is 0 Å². The van der Waals surface area contributed by atoms with E-state index in [1.165, 1.54) is 43.5 Å². The second-order valence-electron chi connectivity index (χ2n) is 12.3. The summed E-state index contributed by atoms with van der Waals surface area (Å²) < 4.78 is 0. The minimum Gasteiger partial charge on any atom is -0.400 e. The van der Waals surface area contributed by atoms with Crippen molar-refractivity contribution in [1.29, 1.82) is 0 Å². The zero-order valence-electron chi connectivity index (χ0n) is 34.7. The van der Waals surface area contributed by atoms with Gasteiger partial charge in [0.25, 0.3) is 0 Å². The number of benzene rings is 8. The lowest BCUT2D eigenvalue weighted by atomic mass is 10.1. The van der Waals surface area contributed by atoms with Gasteiger partial charge in [0, 0.05) is 28.4 Å². The van der Waals surface area contributed by atoms with Gasteiger partial charge in [0.15, 0.2) is 0 Å². The molecule has 8 rings (SSSR count). The quantitative estimate of drug-likeness (QED) is 0.116. The largest absolute Gasteiger partial charge is 0.400 e. The van der Waals surface area contributed by atoms with Crippen LogP contribution in [-0.2, 0) is 12.8 Å². The fourth-order valence-corrected chi connectivity index (χ4v) is 10.6. The lowest BCUT2D eigenvalue weighted by Gasteiger charge is -2.27. The number of aliphatic hydroxyl groups is 4. The van der Waals surface area contributed by atoms with Crippen molar-refractivity contribution in [2.24, 2.45) is 0 Å². The van der Waals surface area contributed by atoms with E-state index in [2.05, 4.69) is 243 Å². The Labute approximate surface area is 353 Å². The van der Waals surface area contributed by atoms with Crippen LogP contribution in [0.2, 0.25) is 0 Å². The van der Waals surface area contributed by atoms with E-state index < -0.39 is 7.26 Å². The molecule has 8 aromatic rings. The first kappa shape index (κ1) is 49.2. The number of rotatable bonds is 8. The molecule has 0 unspecified atom stereocenters. The summed E-state index contributed by atoms with van der Waals surface area (Å²) in [6.45, 7) is 0. The molecule has 0 aromatic heterocycles. The van der Waals surface area contributed by atoms with Gasteiger partial charge in [-0.1, -0.05) is 194 Å². The average molecular weight is 804 g/mol. The van der Waals surface area contributed by atoms with Crippen molar-refractivity contribution >= 4 is 28.5 Å². The molecule has 0 aliphatic carbocycles. The lowest BCUT2D eigenvalue weighted by Crippen LogP contribution is -2.38. The molecule has 4 N–H and O–H groups in total. The van der Waals surface area contributed by atoms with E-state index in [1.807, 2.05) is 0 Å². The molecule has 0 radical (unpaired) electrons. The second kappa shape index (κ2) is 31.1. The molecule has 59 heavy (non-hydrogen) atoms. The predicted octanol–water partition coefficient (Wildman–Crippen LogP) is 9.29. The summed E-state index contributed by atoms with van der Waals surface area (Å²) in [5, 5.41) is 33.6. The van der Waals surface area contributed by atoms with E-state index in [9.17, 15) is 0 Å². The maximum Gasteiger partial charge on any atom is 0.144 e. The highest BCUT2D eigenvalue weighted by Crippen LogP contribution is 2.54. The summed E-state index contributed by atoms with van der Waals surface area (Å²) in [5.41, 5.74) is 5.48. The molecule has 0 bridgehead atoms. The van der Waals surface area contributed by atoms with E-state index >= 15 is 0 Å². The molecule has 304 valence electrons. The molecule has 8 aromatic carbocycles. The molecule has 0 saturated heterocycles. The summed E-state index contributed by atoms with van der Waals surface area (Å²) in [4.78, 5) is 0. The molecule has 0 saturated carbocycles. The highest BCUT2D eigenvalue weighted by Gasteiger charge is 2.47. The number of hydrogen-bond acceptors (Lipinski definition) is 4. The van der Waals surface area contributed by atoms with Crippen LogP contribution in [-0.4, -0.2) is 48.9 Å². The van der Waals surface area contributed by atoms with Crippen molar-refractivity contribution in [3.8, 4) is 0 Å². The Morgan fingerprint density at radius 3 is 0.508 bits per heavy atom. The molecule has 0 aliphatic rings. The molecule has 0 aliphatic heterocycles. The first-order valence-corrected chi connectivity index (χ1v) is 21.2. The highest BCUT2D eigenvalue weighted by molar-refractivity contribution is 8.01. The molecule has 0 spiro atoms. The third-order valence-electron chi connectivity index (χ3n) is 8.76. The molecule has 0 heterocycles. The lowest BCUT2D eigenvalue weighted by molar-refractivity contribution is 0.399. The van der Waals surface area contributed by atoms with Crippen LogP contribution in [0.1, 0.15) is 22.3 Å². The van der Waals surface area contributed by atoms with Gasteiger partial charge in [-0.05, 0) is 83.6 Å². The van der Waals surface area contributed by atoms with E-state index in [-0.39, 0.29) is 0 Å². The van der Waals surface area contributed by atoms with Crippen LogP contribution < -0.4 is 21.2 Å². The Morgan fingerprint density at radius 1 is 0.220 bits per heavy atom. The third kappa shape index (κ3) is 16.1. The van der Waals surface area contributed by atoms with Gasteiger partial charge in [0.05, 0.1) is 0 Å². The predicted molar refractivity (Wildman–Crippen MR) is 255 cm³/mol. The highest BCUT2D eigenvalue weighted by atomic mass is 31.2. The Morgan fingerprint density at radius 2 is 0.356 bits per heavy atom. The topological polar surface area (TPSA) is 80.9 Å². The Balaban J connectivity index is 0.000000300.